The first kappa shape index (κ1) is 16.0. The fourth-order valence-corrected chi connectivity index (χ4v) is 2.05. The molecule has 0 radical (unpaired) electrons. The van der Waals surface area contributed by atoms with Crippen molar-refractivity contribution in [3.8, 4) is 0 Å². The second-order valence-corrected chi connectivity index (χ2v) is 5.38. The molecule has 1 unspecified atom stereocenters. The lowest BCUT2D eigenvalue weighted by molar-refractivity contribution is 0.218. The van der Waals surface area contributed by atoms with Crippen molar-refractivity contribution in [1.82, 2.24) is 20.4 Å². The predicted octanol–water partition coefficient (Wildman–Crippen LogP) is 1.67. The molecule has 0 aliphatic carbocycles. The fourth-order valence-electron chi connectivity index (χ4n) is 2.05. The first-order valence-corrected chi connectivity index (χ1v) is 7.32. The summed E-state index contributed by atoms with van der Waals surface area (Å²) in [7, 11) is 0. The Hall–Kier alpha value is -2.34. The van der Waals surface area contributed by atoms with Gasteiger partial charge in [0.1, 0.15) is 0 Å². The van der Waals surface area contributed by atoms with E-state index in [0.29, 0.717) is 6.54 Å². The number of aliphatic hydroxyl groups is 1. The molecule has 6 nitrogen and oxygen atoms in total. The number of nitrogens with one attached hydrogen (secondary N) is 2. The second kappa shape index (κ2) is 7.61. The minimum atomic E-state index is -0.301. The van der Waals surface area contributed by atoms with E-state index in [-0.39, 0.29) is 24.7 Å². The van der Waals surface area contributed by atoms with Crippen molar-refractivity contribution < 1.29 is 9.90 Å². The monoisotopic (exact) mass is 302 g/mol. The van der Waals surface area contributed by atoms with E-state index in [2.05, 4.69) is 15.7 Å². The van der Waals surface area contributed by atoms with Gasteiger partial charge in [0.05, 0.1) is 31.4 Å². The quantitative estimate of drug-likeness (QED) is 0.759. The molecule has 0 aliphatic rings. The van der Waals surface area contributed by atoms with Gasteiger partial charge < -0.3 is 15.7 Å². The molecule has 1 heterocycles. The third-order valence-corrected chi connectivity index (χ3v) is 3.34. The molecule has 0 aliphatic heterocycles. The molecule has 6 heteroatoms. The van der Waals surface area contributed by atoms with Crippen LogP contribution in [0, 0.1) is 0 Å². The van der Waals surface area contributed by atoms with E-state index in [1.54, 1.807) is 13.1 Å². The summed E-state index contributed by atoms with van der Waals surface area (Å²) >= 11 is 0. The lowest BCUT2D eigenvalue weighted by Gasteiger charge is -2.15. The number of benzene rings is 1. The molecule has 0 spiro atoms. The van der Waals surface area contributed by atoms with Crippen LogP contribution in [0.5, 0.6) is 0 Å². The standard InChI is InChI=1S/C16H22N4O2/c1-12(11-21)18-16(22)19-13(2)15-8-17-20(10-15)9-14-6-4-3-5-7-14/h3-8,10,12-13,21H,9,11H2,1-2H3,(H2,18,19,22)/t12-,13?/m0/s1. The molecule has 1 aromatic heterocycles. The van der Waals surface area contributed by atoms with Gasteiger partial charge in [-0.05, 0) is 19.4 Å². The normalized spacial score (nSPS) is 13.4. The molecule has 0 saturated carbocycles. The van der Waals surface area contributed by atoms with Crippen molar-refractivity contribution >= 4 is 6.03 Å². The van der Waals surface area contributed by atoms with Crippen LogP contribution in [0.15, 0.2) is 42.7 Å². The summed E-state index contributed by atoms with van der Waals surface area (Å²) in [5.41, 5.74) is 2.11. The minimum Gasteiger partial charge on any atom is -0.394 e. The summed E-state index contributed by atoms with van der Waals surface area (Å²) in [6.07, 6.45) is 3.68. The van der Waals surface area contributed by atoms with E-state index >= 15 is 0 Å². The minimum absolute atomic E-state index is 0.0865. The van der Waals surface area contributed by atoms with Gasteiger partial charge in [0.15, 0.2) is 0 Å². The highest BCUT2D eigenvalue weighted by molar-refractivity contribution is 5.74. The summed E-state index contributed by atoms with van der Waals surface area (Å²) < 4.78 is 1.84. The van der Waals surface area contributed by atoms with Crippen molar-refractivity contribution in [3.05, 3.63) is 53.9 Å². The van der Waals surface area contributed by atoms with E-state index < -0.39 is 0 Å². The molecule has 3 N–H and O–H groups in total. The number of hydrogen-bond donors (Lipinski definition) is 3. The van der Waals surface area contributed by atoms with Crippen LogP contribution in [-0.4, -0.2) is 33.6 Å². The summed E-state index contributed by atoms with van der Waals surface area (Å²) in [5, 5.41) is 18.7. The van der Waals surface area contributed by atoms with Crippen molar-refractivity contribution in [2.24, 2.45) is 0 Å². The van der Waals surface area contributed by atoms with Gasteiger partial charge in [-0.3, -0.25) is 4.68 Å². The first-order chi connectivity index (χ1) is 10.6. The number of carbonyl (C=O) groups is 1. The van der Waals surface area contributed by atoms with Crippen molar-refractivity contribution in [2.45, 2.75) is 32.5 Å². The lowest BCUT2D eigenvalue weighted by Crippen LogP contribution is -2.43. The molecule has 1 aromatic carbocycles. The smallest absolute Gasteiger partial charge is 0.315 e. The maximum absolute atomic E-state index is 11.7. The predicted molar refractivity (Wildman–Crippen MR) is 84.4 cm³/mol. The van der Waals surface area contributed by atoms with Crippen molar-refractivity contribution in [1.29, 1.82) is 0 Å². The summed E-state index contributed by atoms with van der Waals surface area (Å²) in [5.74, 6) is 0. The molecule has 0 fully saturated rings. The van der Waals surface area contributed by atoms with Crippen LogP contribution in [0.2, 0.25) is 0 Å². The van der Waals surface area contributed by atoms with E-state index in [1.165, 1.54) is 5.56 Å². The molecular formula is C16H22N4O2. The number of aliphatic hydroxyl groups excluding tert-OH is 1. The Morgan fingerprint density at radius 3 is 2.68 bits per heavy atom. The van der Waals surface area contributed by atoms with Crippen LogP contribution in [0.25, 0.3) is 0 Å². The third-order valence-electron chi connectivity index (χ3n) is 3.34. The zero-order chi connectivity index (χ0) is 15.9. The number of hydrogen-bond acceptors (Lipinski definition) is 3. The van der Waals surface area contributed by atoms with Crippen LogP contribution in [0.1, 0.15) is 31.0 Å². The van der Waals surface area contributed by atoms with Gasteiger partial charge >= 0.3 is 6.03 Å². The van der Waals surface area contributed by atoms with Gasteiger partial charge in [-0.1, -0.05) is 30.3 Å². The third kappa shape index (κ3) is 4.60. The zero-order valence-electron chi connectivity index (χ0n) is 12.9. The lowest BCUT2D eigenvalue weighted by atomic mass is 10.2. The Morgan fingerprint density at radius 1 is 1.27 bits per heavy atom. The van der Waals surface area contributed by atoms with Crippen molar-refractivity contribution in [3.63, 3.8) is 0 Å². The average molecular weight is 302 g/mol. The van der Waals surface area contributed by atoms with Gasteiger partial charge in [0, 0.05) is 11.8 Å². The number of amides is 2. The van der Waals surface area contributed by atoms with Gasteiger partial charge in [-0.25, -0.2) is 4.79 Å². The van der Waals surface area contributed by atoms with Gasteiger partial charge in [-0.2, -0.15) is 5.10 Å². The van der Waals surface area contributed by atoms with Crippen LogP contribution in [0.3, 0.4) is 0 Å². The number of carbonyl (C=O) groups excluding carboxylic acids is 1. The topological polar surface area (TPSA) is 79.2 Å². The van der Waals surface area contributed by atoms with Crippen molar-refractivity contribution in [2.75, 3.05) is 6.61 Å². The van der Waals surface area contributed by atoms with Crippen LogP contribution < -0.4 is 10.6 Å². The van der Waals surface area contributed by atoms with E-state index in [1.807, 2.05) is 48.1 Å². The van der Waals surface area contributed by atoms with E-state index in [4.69, 9.17) is 5.11 Å². The Labute approximate surface area is 130 Å². The van der Waals surface area contributed by atoms with Gasteiger partial charge in [-0.15, -0.1) is 0 Å². The average Bonchev–Trinajstić information content (AvgIpc) is 2.96. The molecule has 2 aromatic rings. The maximum atomic E-state index is 11.7. The first-order valence-electron chi connectivity index (χ1n) is 7.32. The Morgan fingerprint density at radius 2 is 2.00 bits per heavy atom. The zero-order valence-corrected chi connectivity index (χ0v) is 12.9. The summed E-state index contributed by atoms with van der Waals surface area (Å²) in [4.78, 5) is 11.7. The number of nitrogens with zero attached hydrogens (tertiary/aromatic N) is 2. The number of rotatable bonds is 6. The molecule has 118 valence electrons. The van der Waals surface area contributed by atoms with Crippen LogP contribution in [0.4, 0.5) is 4.79 Å². The largest absolute Gasteiger partial charge is 0.394 e. The van der Waals surface area contributed by atoms with E-state index in [0.717, 1.165) is 5.56 Å². The Bertz CT molecular complexity index is 597. The molecule has 22 heavy (non-hydrogen) atoms. The van der Waals surface area contributed by atoms with E-state index in [9.17, 15) is 4.79 Å². The van der Waals surface area contributed by atoms with Crippen LogP contribution in [-0.2, 0) is 6.54 Å². The summed E-state index contributed by atoms with van der Waals surface area (Å²) in [6, 6.07) is 9.34. The summed E-state index contributed by atoms with van der Waals surface area (Å²) in [6.45, 7) is 4.24. The molecule has 2 amide bonds. The molecule has 0 bridgehead atoms. The maximum Gasteiger partial charge on any atom is 0.315 e. The highest BCUT2D eigenvalue weighted by Gasteiger charge is 2.13. The molecule has 2 rings (SSSR count). The number of urea groups is 1. The van der Waals surface area contributed by atoms with Crippen LogP contribution >= 0.6 is 0 Å². The number of aromatic nitrogens is 2. The highest BCUT2D eigenvalue weighted by Crippen LogP contribution is 2.12. The SMILES string of the molecule is CC(NC(=O)N[C@@H](C)CO)c1cnn(Cc2ccccc2)c1. The molecule has 2 atom stereocenters. The van der Waals surface area contributed by atoms with Gasteiger partial charge in [0.2, 0.25) is 0 Å². The molecular weight excluding hydrogens is 280 g/mol. The van der Waals surface area contributed by atoms with Gasteiger partial charge in [0.25, 0.3) is 0 Å². The second-order valence-electron chi connectivity index (χ2n) is 5.38. The molecule has 0 saturated heterocycles. The Balaban J connectivity index is 1.91. The fraction of sp³-hybridized carbons (Fsp3) is 0.375. The highest BCUT2D eigenvalue weighted by atomic mass is 16.3. The Kier molecular flexibility index (Phi) is 5.55.